The molecule has 2 heterocycles. The largest absolute Gasteiger partial charge is 0.481 e. The van der Waals surface area contributed by atoms with E-state index in [2.05, 4.69) is 15.5 Å². The molecule has 37 heavy (non-hydrogen) atoms. The van der Waals surface area contributed by atoms with Crippen molar-refractivity contribution in [3.8, 4) is 16.9 Å². The first-order chi connectivity index (χ1) is 17.9. The molecule has 8 nitrogen and oxygen atoms in total. The average Bonchev–Trinajstić information content (AvgIpc) is 3.48. The van der Waals surface area contributed by atoms with Gasteiger partial charge in [0.2, 0.25) is 5.91 Å². The SMILES string of the molecule is CCOC(=O)c1c(-c2ccccc2)csc1NC(=O)CSc1nnc(C(C)Oc2ccccc2Cl)n1C. The Labute approximate surface area is 228 Å². The van der Waals surface area contributed by atoms with E-state index in [1.165, 1.54) is 23.1 Å². The Hall–Kier alpha value is -3.34. The van der Waals surface area contributed by atoms with Gasteiger partial charge in [-0.25, -0.2) is 4.79 Å². The third-order valence-electron chi connectivity index (χ3n) is 5.31. The van der Waals surface area contributed by atoms with Gasteiger partial charge in [0.25, 0.3) is 0 Å². The lowest BCUT2D eigenvalue weighted by Gasteiger charge is -2.15. The third-order valence-corrected chi connectivity index (χ3v) is 7.54. The number of carbonyl (C=O) groups is 2. The summed E-state index contributed by atoms with van der Waals surface area (Å²) in [4.78, 5) is 25.6. The van der Waals surface area contributed by atoms with Gasteiger partial charge in [0.15, 0.2) is 17.1 Å². The molecule has 0 aliphatic heterocycles. The maximum absolute atomic E-state index is 12.8. The van der Waals surface area contributed by atoms with E-state index in [4.69, 9.17) is 21.1 Å². The maximum Gasteiger partial charge on any atom is 0.341 e. The molecule has 0 bridgehead atoms. The molecule has 0 aliphatic carbocycles. The van der Waals surface area contributed by atoms with E-state index in [9.17, 15) is 9.59 Å². The van der Waals surface area contributed by atoms with Crippen molar-refractivity contribution >= 4 is 51.6 Å². The molecule has 0 saturated carbocycles. The predicted molar refractivity (Wildman–Crippen MR) is 147 cm³/mol. The summed E-state index contributed by atoms with van der Waals surface area (Å²) in [5.41, 5.74) is 1.94. The zero-order valence-electron chi connectivity index (χ0n) is 20.4. The maximum atomic E-state index is 12.8. The zero-order valence-corrected chi connectivity index (χ0v) is 22.8. The minimum atomic E-state index is -0.476. The molecular formula is C26H25ClN4O4S2. The van der Waals surface area contributed by atoms with Crippen molar-refractivity contribution in [1.29, 1.82) is 0 Å². The number of hydrogen-bond donors (Lipinski definition) is 1. The Balaban J connectivity index is 1.43. The minimum Gasteiger partial charge on any atom is -0.481 e. The van der Waals surface area contributed by atoms with Gasteiger partial charge in [0.1, 0.15) is 16.3 Å². The van der Waals surface area contributed by atoms with E-state index >= 15 is 0 Å². The molecule has 0 radical (unpaired) electrons. The quantitative estimate of drug-likeness (QED) is 0.182. The number of benzene rings is 2. The standard InChI is InChI=1S/C26H25ClN4O4S2/c1-4-34-25(33)22-18(17-10-6-5-7-11-17)14-36-24(22)28-21(32)15-37-26-30-29-23(31(26)3)16(2)35-20-13-9-8-12-19(20)27/h5-14,16H,4,15H2,1-3H3,(H,28,32). The Bertz CT molecular complexity index is 1390. The van der Waals surface area contributed by atoms with Crippen LogP contribution in [0.4, 0.5) is 5.00 Å². The van der Waals surface area contributed by atoms with Crippen LogP contribution < -0.4 is 10.1 Å². The summed E-state index contributed by atoms with van der Waals surface area (Å²) in [5.74, 6) is 0.472. The number of carbonyl (C=O) groups excluding carboxylic acids is 2. The second-order valence-electron chi connectivity index (χ2n) is 7.87. The number of thioether (sulfide) groups is 1. The fourth-order valence-corrected chi connectivity index (χ4v) is 5.44. The van der Waals surface area contributed by atoms with E-state index < -0.39 is 12.1 Å². The number of amides is 1. The highest BCUT2D eigenvalue weighted by atomic mass is 35.5. The predicted octanol–water partition coefficient (Wildman–Crippen LogP) is 6.24. The lowest BCUT2D eigenvalue weighted by molar-refractivity contribution is -0.113. The van der Waals surface area contributed by atoms with Crippen LogP contribution in [0.25, 0.3) is 11.1 Å². The normalized spacial score (nSPS) is 11.7. The number of ether oxygens (including phenoxy) is 2. The van der Waals surface area contributed by atoms with Crippen LogP contribution in [-0.2, 0) is 16.6 Å². The molecule has 0 spiro atoms. The summed E-state index contributed by atoms with van der Waals surface area (Å²) in [6.45, 7) is 3.84. The summed E-state index contributed by atoms with van der Waals surface area (Å²) in [6.07, 6.45) is -0.407. The molecule has 1 atom stereocenters. The minimum absolute atomic E-state index is 0.0760. The summed E-state index contributed by atoms with van der Waals surface area (Å²) in [7, 11) is 1.81. The monoisotopic (exact) mass is 556 g/mol. The number of hydrogen-bond acceptors (Lipinski definition) is 8. The molecule has 1 amide bonds. The topological polar surface area (TPSA) is 95.3 Å². The smallest absolute Gasteiger partial charge is 0.341 e. The number of anilines is 1. The molecule has 1 unspecified atom stereocenters. The highest BCUT2D eigenvalue weighted by Crippen LogP contribution is 2.36. The van der Waals surface area contributed by atoms with Crippen molar-refractivity contribution in [2.24, 2.45) is 7.05 Å². The summed E-state index contributed by atoms with van der Waals surface area (Å²) in [5, 5.41) is 14.7. The van der Waals surface area contributed by atoms with E-state index in [0.717, 1.165) is 11.1 Å². The van der Waals surface area contributed by atoms with Crippen molar-refractivity contribution in [2.45, 2.75) is 25.1 Å². The van der Waals surface area contributed by atoms with Gasteiger partial charge in [-0.2, -0.15) is 0 Å². The first kappa shape index (κ1) is 26.7. The number of thiophene rings is 1. The number of nitrogens with one attached hydrogen (secondary N) is 1. The van der Waals surface area contributed by atoms with Crippen molar-refractivity contribution in [1.82, 2.24) is 14.8 Å². The second-order valence-corrected chi connectivity index (χ2v) is 10.1. The number of para-hydroxylation sites is 1. The molecule has 2 aromatic carbocycles. The van der Waals surface area contributed by atoms with E-state index in [1.807, 2.05) is 61.8 Å². The number of rotatable bonds is 10. The van der Waals surface area contributed by atoms with Gasteiger partial charge in [-0.3, -0.25) is 4.79 Å². The number of nitrogens with zero attached hydrogens (tertiary/aromatic N) is 3. The molecule has 2 aromatic heterocycles. The van der Waals surface area contributed by atoms with Gasteiger partial charge >= 0.3 is 5.97 Å². The molecule has 0 fully saturated rings. The molecule has 4 aromatic rings. The first-order valence-corrected chi connectivity index (χ1v) is 13.7. The van der Waals surface area contributed by atoms with Crippen LogP contribution >= 0.6 is 34.7 Å². The van der Waals surface area contributed by atoms with Gasteiger partial charge in [-0.05, 0) is 31.5 Å². The molecular weight excluding hydrogens is 532 g/mol. The van der Waals surface area contributed by atoms with E-state index in [0.29, 0.717) is 32.3 Å². The zero-order chi connectivity index (χ0) is 26.4. The third kappa shape index (κ3) is 6.33. The van der Waals surface area contributed by atoms with Crippen LogP contribution in [-0.4, -0.2) is 39.0 Å². The summed E-state index contributed by atoms with van der Waals surface area (Å²) >= 11 is 8.71. The molecule has 0 saturated heterocycles. The fraction of sp³-hybridized carbons (Fsp3) is 0.231. The van der Waals surface area contributed by atoms with Gasteiger partial charge in [0.05, 0.1) is 17.4 Å². The van der Waals surface area contributed by atoms with E-state index in [-0.39, 0.29) is 18.3 Å². The summed E-state index contributed by atoms with van der Waals surface area (Å²) in [6, 6.07) is 16.7. The van der Waals surface area contributed by atoms with Gasteiger partial charge in [0, 0.05) is 18.0 Å². The Morgan fingerprint density at radius 1 is 1.14 bits per heavy atom. The van der Waals surface area contributed by atoms with Crippen LogP contribution in [0.2, 0.25) is 5.02 Å². The molecule has 0 aliphatic rings. The van der Waals surface area contributed by atoms with E-state index in [1.54, 1.807) is 23.6 Å². The van der Waals surface area contributed by atoms with Crippen LogP contribution in [0.15, 0.2) is 65.1 Å². The van der Waals surface area contributed by atoms with Gasteiger partial charge < -0.3 is 19.4 Å². The van der Waals surface area contributed by atoms with Crippen LogP contribution in [0.3, 0.4) is 0 Å². The first-order valence-electron chi connectivity index (χ1n) is 11.5. The van der Waals surface area contributed by atoms with Crippen molar-refractivity contribution in [3.05, 3.63) is 76.4 Å². The molecule has 1 N–H and O–H groups in total. The fourth-order valence-electron chi connectivity index (χ4n) is 3.57. The van der Waals surface area contributed by atoms with Crippen molar-refractivity contribution in [3.63, 3.8) is 0 Å². The highest BCUT2D eigenvalue weighted by molar-refractivity contribution is 7.99. The number of esters is 1. The van der Waals surface area contributed by atoms with Gasteiger partial charge in [-0.1, -0.05) is 65.8 Å². The lowest BCUT2D eigenvalue weighted by atomic mass is 10.0. The van der Waals surface area contributed by atoms with Gasteiger partial charge in [-0.15, -0.1) is 21.5 Å². The molecule has 4 rings (SSSR count). The van der Waals surface area contributed by atoms with Crippen LogP contribution in [0.5, 0.6) is 5.75 Å². The van der Waals surface area contributed by atoms with Crippen molar-refractivity contribution < 1.29 is 19.1 Å². The Morgan fingerprint density at radius 3 is 2.59 bits per heavy atom. The van der Waals surface area contributed by atoms with Crippen LogP contribution in [0, 0.1) is 0 Å². The average molecular weight is 557 g/mol. The Kier molecular flexibility index (Phi) is 8.86. The second kappa shape index (κ2) is 12.3. The van der Waals surface area contributed by atoms with Crippen molar-refractivity contribution in [2.75, 3.05) is 17.7 Å². The Morgan fingerprint density at radius 2 is 1.86 bits per heavy atom. The molecule has 11 heteroatoms. The molecule has 192 valence electrons. The number of halogens is 1. The number of aromatic nitrogens is 3. The lowest BCUT2D eigenvalue weighted by Crippen LogP contribution is -2.17. The highest BCUT2D eigenvalue weighted by Gasteiger charge is 2.23. The van der Waals surface area contributed by atoms with Crippen LogP contribution in [0.1, 0.15) is 36.1 Å². The summed E-state index contributed by atoms with van der Waals surface area (Å²) < 4.78 is 13.0.